The summed E-state index contributed by atoms with van der Waals surface area (Å²) in [4.78, 5) is 2.13. The van der Waals surface area contributed by atoms with Crippen LogP contribution in [0.3, 0.4) is 0 Å². The van der Waals surface area contributed by atoms with Crippen LogP contribution in [-0.4, -0.2) is 31.6 Å². The Kier molecular flexibility index (Phi) is 4.72. The second-order valence-corrected chi connectivity index (χ2v) is 4.17. The molecule has 0 radical (unpaired) electrons. The van der Waals surface area contributed by atoms with Crippen LogP contribution in [0, 0.1) is 5.82 Å². The lowest BCUT2D eigenvalue weighted by molar-refractivity contribution is 0.349. The molecule has 0 aromatic heterocycles. The van der Waals surface area contributed by atoms with Crippen LogP contribution in [0.1, 0.15) is 12.5 Å². The summed E-state index contributed by atoms with van der Waals surface area (Å²) in [5, 5.41) is 3.35. The molecular formula is C12H19FN2. The molecule has 1 unspecified atom stereocenters. The van der Waals surface area contributed by atoms with Gasteiger partial charge >= 0.3 is 0 Å². The van der Waals surface area contributed by atoms with Crippen LogP contribution < -0.4 is 5.32 Å². The van der Waals surface area contributed by atoms with Gasteiger partial charge in [-0.15, -0.1) is 0 Å². The second kappa shape index (κ2) is 5.83. The third-order valence-electron chi connectivity index (χ3n) is 2.18. The maximum atomic E-state index is 12.9. The van der Waals surface area contributed by atoms with E-state index in [0.29, 0.717) is 12.6 Å². The number of benzene rings is 1. The molecule has 0 fully saturated rings. The Morgan fingerprint density at radius 3 is 2.73 bits per heavy atom. The predicted molar refractivity (Wildman–Crippen MR) is 61.3 cm³/mol. The van der Waals surface area contributed by atoms with Crippen molar-refractivity contribution in [2.45, 2.75) is 19.5 Å². The summed E-state index contributed by atoms with van der Waals surface area (Å²) in [6.45, 7) is 3.82. The van der Waals surface area contributed by atoms with Gasteiger partial charge in [0.2, 0.25) is 0 Å². The molecule has 0 saturated carbocycles. The quantitative estimate of drug-likeness (QED) is 0.798. The molecular weight excluding hydrogens is 191 g/mol. The van der Waals surface area contributed by atoms with Gasteiger partial charge in [0, 0.05) is 19.1 Å². The highest BCUT2D eigenvalue weighted by atomic mass is 19.1. The highest BCUT2D eigenvalue weighted by Gasteiger charge is 2.02. The van der Waals surface area contributed by atoms with E-state index < -0.39 is 0 Å². The minimum Gasteiger partial charge on any atom is -0.309 e. The smallest absolute Gasteiger partial charge is 0.123 e. The first-order valence-corrected chi connectivity index (χ1v) is 5.20. The molecule has 3 heteroatoms. The van der Waals surface area contributed by atoms with Gasteiger partial charge in [0.25, 0.3) is 0 Å². The van der Waals surface area contributed by atoms with Gasteiger partial charge in [0.05, 0.1) is 0 Å². The van der Waals surface area contributed by atoms with E-state index in [2.05, 4.69) is 17.1 Å². The van der Waals surface area contributed by atoms with Crippen molar-refractivity contribution in [2.24, 2.45) is 0 Å². The maximum Gasteiger partial charge on any atom is 0.123 e. The predicted octanol–water partition coefficient (Wildman–Crippen LogP) is 1.87. The van der Waals surface area contributed by atoms with Gasteiger partial charge in [0.1, 0.15) is 5.82 Å². The lowest BCUT2D eigenvalue weighted by Crippen LogP contribution is -2.35. The zero-order valence-corrected chi connectivity index (χ0v) is 9.63. The number of nitrogens with one attached hydrogen (secondary N) is 1. The Labute approximate surface area is 91.1 Å². The average Bonchev–Trinajstić information content (AvgIpc) is 2.14. The fraction of sp³-hybridized carbons (Fsp3) is 0.500. The SMILES string of the molecule is CC(CN(C)C)NCc1cccc(F)c1. The molecule has 0 heterocycles. The van der Waals surface area contributed by atoms with Crippen molar-refractivity contribution in [2.75, 3.05) is 20.6 Å². The van der Waals surface area contributed by atoms with Crippen molar-refractivity contribution in [1.29, 1.82) is 0 Å². The monoisotopic (exact) mass is 210 g/mol. The highest BCUT2D eigenvalue weighted by Crippen LogP contribution is 2.03. The number of likely N-dealkylation sites (N-methyl/N-ethyl adjacent to an activating group) is 1. The molecule has 1 N–H and O–H groups in total. The maximum absolute atomic E-state index is 12.9. The summed E-state index contributed by atoms with van der Waals surface area (Å²) in [6, 6.07) is 7.10. The van der Waals surface area contributed by atoms with Gasteiger partial charge in [-0.25, -0.2) is 4.39 Å². The fourth-order valence-corrected chi connectivity index (χ4v) is 1.55. The lowest BCUT2D eigenvalue weighted by atomic mass is 10.2. The largest absolute Gasteiger partial charge is 0.309 e. The topological polar surface area (TPSA) is 15.3 Å². The number of nitrogens with zero attached hydrogens (tertiary/aromatic N) is 1. The van der Waals surface area contributed by atoms with Crippen molar-refractivity contribution in [3.8, 4) is 0 Å². The van der Waals surface area contributed by atoms with E-state index in [-0.39, 0.29) is 5.82 Å². The third kappa shape index (κ3) is 4.91. The standard InChI is InChI=1S/C12H19FN2/c1-10(9-15(2)3)14-8-11-5-4-6-12(13)7-11/h4-7,10,14H,8-9H2,1-3H3. The lowest BCUT2D eigenvalue weighted by Gasteiger charge is -2.18. The first kappa shape index (κ1) is 12.1. The molecule has 0 aliphatic rings. The van der Waals surface area contributed by atoms with Crippen LogP contribution >= 0.6 is 0 Å². The fourth-order valence-electron chi connectivity index (χ4n) is 1.55. The number of rotatable bonds is 5. The van der Waals surface area contributed by atoms with Gasteiger partial charge in [-0.3, -0.25) is 0 Å². The summed E-state index contributed by atoms with van der Waals surface area (Å²) in [6.07, 6.45) is 0. The average molecular weight is 210 g/mol. The summed E-state index contributed by atoms with van der Waals surface area (Å²) in [5.74, 6) is -0.172. The van der Waals surface area contributed by atoms with Gasteiger partial charge < -0.3 is 10.2 Å². The molecule has 0 spiro atoms. The molecule has 1 aromatic carbocycles. The van der Waals surface area contributed by atoms with Crippen LogP contribution in [0.15, 0.2) is 24.3 Å². The van der Waals surface area contributed by atoms with Crippen molar-refractivity contribution in [1.82, 2.24) is 10.2 Å². The molecule has 0 aliphatic heterocycles. The molecule has 84 valence electrons. The van der Waals surface area contributed by atoms with E-state index in [1.165, 1.54) is 6.07 Å². The van der Waals surface area contributed by atoms with Gasteiger partial charge in [0.15, 0.2) is 0 Å². The number of hydrogen-bond acceptors (Lipinski definition) is 2. The Hall–Kier alpha value is -0.930. The summed E-state index contributed by atoms with van der Waals surface area (Å²) in [7, 11) is 4.08. The second-order valence-electron chi connectivity index (χ2n) is 4.17. The van der Waals surface area contributed by atoms with Crippen LogP contribution in [-0.2, 0) is 6.54 Å². The van der Waals surface area contributed by atoms with Crippen LogP contribution in [0.4, 0.5) is 4.39 Å². The van der Waals surface area contributed by atoms with Crippen molar-refractivity contribution in [3.63, 3.8) is 0 Å². The first-order valence-electron chi connectivity index (χ1n) is 5.20. The number of hydrogen-bond donors (Lipinski definition) is 1. The first-order chi connectivity index (χ1) is 7.08. The van der Waals surface area contributed by atoms with Crippen LogP contribution in [0.25, 0.3) is 0 Å². The van der Waals surface area contributed by atoms with Gasteiger partial charge in [-0.1, -0.05) is 12.1 Å². The number of halogens is 1. The third-order valence-corrected chi connectivity index (χ3v) is 2.18. The van der Waals surface area contributed by atoms with Crippen molar-refractivity contribution >= 4 is 0 Å². The zero-order chi connectivity index (χ0) is 11.3. The Morgan fingerprint density at radius 2 is 2.13 bits per heavy atom. The zero-order valence-electron chi connectivity index (χ0n) is 9.63. The van der Waals surface area contributed by atoms with E-state index in [0.717, 1.165) is 12.1 Å². The molecule has 0 saturated heterocycles. The molecule has 2 nitrogen and oxygen atoms in total. The van der Waals surface area contributed by atoms with E-state index in [9.17, 15) is 4.39 Å². The molecule has 1 aromatic rings. The van der Waals surface area contributed by atoms with E-state index in [4.69, 9.17) is 0 Å². The van der Waals surface area contributed by atoms with Crippen LogP contribution in [0.5, 0.6) is 0 Å². The molecule has 0 aliphatic carbocycles. The Balaban J connectivity index is 2.36. The summed E-state index contributed by atoms with van der Waals surface area (Å²) < 4.78 is 12.9. The molecule has 0 bridgehead atoms. The minimum absolute atomic E-state index is 0.172. The Morgan fingerprint density at radius 1 is 1.40 bits per heavy atom. The molecule has 1 atom stereocenters. The van der Waals surface area contributed by atoms with Gasteiger partial charge in [-0.05, 0) is 38.7 Å². The van der Waals surface area contributed by atoms with Gasteiger partial charge in [-0.2, -0.15) is 0 Å². The van der Waals surface area contributed by atoms with E-state index >= 15 is 0 Å². The molecule has 0 amide bonds. The summed E-state index contributed by atoms with van der Waals surface area (Å²) >= 11 is 0. The van der Waals surface area contributed by atoms with Crippen molar-refractivity contribution < 1.29 is 4.39 Å². The Bertz CT molecular complexity index is 299. The van der Waals surface area contributed by atoms with Crippen LogP contribution in [0.2, 0.25) is 0 Å². The van der Waals surface area contributed by atoms with E-state index in [1.54, 1.807) is 12.1 Å². The highest BCUT2D eigenvalue weighted by molar-refractivity contribution is 5.16. The molecule has 15 heavy (non-hydrogen) atoms. The minimum atomic E-state index is -0.172. The van der Waals surface area contributed by atoms with E-state index in [1.807, 2.05) is 20.2 Å². The normalized spacial score (nSPS) is 13.1. The molecule has 1 rings (SSSR count). The summed E-state index contributed by atoms with van der Waals surface area (Å²) in [5.41, 5.74) is 0.987. The van der Waals surface area contributed by atoms with Crippen molar-refractivity contribution in [3.05, 3.63) is 35.6 Å².